The van der Waals surface area contributed by atoms with Gasteiger partial charge < -0.3 is 34.4 Å². The Hall–Kier alpha value is -3.12. The van der Waals surface area contributed by atoms with Gasteiger partial charge in [0.1, 0.15) is 17.6 Å². The van der Waals surface area contributed by atoms with Crippen molar-refractivity contribution in [2.45, 2.75) is 65.7 Å². The Morgan fingerprint density at radius 2 is 1.62 bits per heavy atom. The van der Waals surface area contributed by atoms with Crippen molar-refractivity contribution in [2.75, 3.05) is 54.1 Å². The second-order valence-corrected chi connectivity index (χ2v) is 11.0. The number of nitrogens with zero attached hydrogens (tertiary/aromatic N) is 7. The lowest BCUT2D eigenvalue weighted by molar-refractivity contribution is 0.0278. The van der Waals surface area contributed by atoms with Gasteiger partial charge in [0.2, 0.25) is 5.95 Å². The van der Waals surface area contributed by atoms with E-state index in [9.17, 15) is 10.2 Å². The zero-order chi connectivity index (χ0) is 27.9. The molecule has 0 saturated carbocycles. The summed E-state index contributed by atoms with van der Waals surface area (Å²) in [5.74, 6) is 1.51. The summed E-state index contributed by atoms with van der Waals surface area (Å²) < 4.78 is 11.6. The Morgan fingerprint density at radius 1 is 0.974 bits per heavy atom. The molecule has 4 heterocycles. The zero-order valence-electron chi connectivity index (χ0n) is 23.6. The number of ether oxygens (including phenoxy) is 2. The first-order valence-electron chi connectivity index (χ1n) is 13.6. The Balaban J connectivity index is 1.79. The lowest BCUT2D eigenvalue weighted by Gasteiger charge is -2.38. The van der Waals surface area contributed by atoms with E-state index in [2.05, 4.69) is 16.7 Å². The molecule has 39 heavy (non-hydrogen) atoms. The number of rotatable bonds is 6. The molecular weight excluding hydrogens is 498 g/mol. The van der Waals surface area contributed by atoms with Crippen molar-refractivity contribution in [2.24, 2.45) is 0 Å². The topological polar surface area (TPSA) is 120 Å². The van der Waals surface area contributed by atoms with E-state index in [1.807, 2.05) is 38.1 Å². The van der Waals surface area contributed by atoms with Crippen LogP contribution in [0.2, 0.25) is 0 Å². The van der Waals surface area contributed by atoms with Gasteiger partial charge in [-0.05, 0) is 47.1 Å². The van der Waals surface area contributed by atoms with Gasteiger partial charge in [0, 0.05) is 31.7 Å². The summed E-state index contributed by atoms with van der Waals surface area (Å²) in [5.41, 5.74) is 2.08. The zero-order valence-corrected chi connectivity index (χ0v) is 23.6. The van der Waals surface area contributed by atoms with Crippen LogP contribution in [0.5, 0.6) is 0 Å². The second kappa shape index (κ2) is 10.8. The summed E-state index contributed by atoms with van der Waals surface area (Å²) in [4.78, 5) is 25.7. The first-order chi connectivity index (χ1) is 18.5. The molecule has 0 bridgehead atoms. The summed E-state index contributed by atoms with van der Waals surface area (Å²) in [6.07, 6.45) is -0.986. The van der Waals surface area contributed by atoms with Gasteiger partial charge in [0.05, 0.1) is 25.4 Å². The fourth-order valence-corrected chi connectivity index (χ4v) is 5.37. The Labute approximate surface area is 229 Å². The Kier molecular flexibility index (Phi) is 7.60. The molecule has 3 unspecified atom stereocenters. The number of hydrogen-bond acceptors (Lipinski definition) is 11. The van der Waals surface area contributed by atoms with Crippen LogP contribution in [-0.2, 0) is 9.47 Å². The highest BCUT2D eigenvalue weighted by atomic mass is 16.5. The van der Waals surface area contributed by atoms with Crippen LogP contribution in [0.4, 0.5) is 17.6 Å². The van der Waals surface area contributed by atoms with Crippen LogP contribution in [0.15, 0.2) is 24.3 Å². The highest BCUT2D eigenvalue weighted by Gasteiger charge is 2.34. The predicted octanol–water partition coefficient (Wildman–Crippen LogP) is 2.72. The third-order valence-corrected chi connectivity index (χ3v) is 7.14. The second-order valence-electron chi connectivity index (χ2n) is 11.0. The molecule has 11 nitrogen and oxygen atoms in total. The molecule has 2 aromatic heterocycles. The summed E-state index contributed by atoms with van der Waals surface area (Å²) >= 11 is 0. The van der Waals surface area contributed by atoms with Crippen LogP contribution in [0.3, 0.4) is 0 Å². The molecule has 2 N–H and O–H groups in total. The van der Waals surface area contributed by atoms with Gasteiger partial charge in [-0.15, -0.1) is 0 Å². The van der Waals surface area contributed by atoms with Crippen molar-refractivity contribution in [3.8, 4) is 11.3 Å². The van der Waals surface area contributed by atoms with Gasteiger partial charge in [-0.1, -0.05) is 24.3 Å². The van der Waals surface area contributed by atoms with Crippen LogP contribution in [0.1, 0.15) is 40.2 Å². The van der Waals surface area contributed by atoms with Crippen LogP contribution >= 0.6 is 0 Å². The average molecular weight is 538 g/mol. The monoisotopic (exact) mass is 537 g/mol. The van der Waals surface area contributed by atoms with Crippen LogP contribution in [0, 0.1) is 6.92 Å². The van der Waals surface area contributed by atoms with Gasteiger partial charge in [0.25, 0.3) is 0 Å². The highest BCUT2D eigenvalue weighted by molar-refractivity contribution is 5.90. The van der Waals surface area contributed by atoms with E-state index < -0.39 is 12.0 Å². The maximum Gasteiger partial charge on any atom is 0.229 e. The first kappa shape index (κ1) is 27.4. The highest BCUT2D eigenvalue weighted by Crippen LogP contribution is 2.37. The minimum atomic E-state index is -1.44. The molecular formula is C28H39N7O4. The van der Waals surface area contributed by atoms with Crippen molar-refractivity contribution in [1.82, 2.24) is 19.9 Å². The first-order valence-corrected chi connectivity index (χ1v) is 13.6. The quantitative estimate of drug-likeness (QED) is 0.452. The van der Waals surface area contributed by atoms with E-state index in [0.29, 0.717) is 68.0 Å². The molecule has 2 saturated heterocycles. The van der Waals surface area contributed by atoms with Crippen molar-refractivity contribution in [3.63, 3.8) is 0 Å². The van der Waals surface area contributed by atoms with Gasteiger partial charge in [-0.25, -0.2) is 9.97 Å². The van der Waals surface area contributed by atoms with E-state index >= 15 is 0 Å². The lowest BCUT2D eigenvalue weighted by Crippen LogP contribution is -2.50. The lowest BCUT2D eigenvalue weighted by atomic mass is 10.0. The summed E-state index contributed by atoms with van der Waals surface area (Å²) in [5, 5.41) is 21.9. The number of hydrogen-bond donors (Lipinski definition) is 2. The normalized spacial score (nSPS) is 21.3. The van der Waals surface area contributed by atoms with Gasteiger partial charge in [0.15, 0.2) is 22.8 Å². The summed E-state index contributed by atoms with van der Waals surface area (Å²) in [7, 11) is 0. The number of aliphatic hydroxyl groups is 2. The standard InChI is InChI=1S/C28H39N7O4/c1-17-9-7-8-10-21(17)22-25(33-11-13-38-18(2)15-33)30-24-23(29-22)26(35(20(4)36)28(5,6)37)32-27(31-24)34-12-14-39-19(3)16-34/h7-10,18-20,36-37H,11-16H2,1-6H3. The van der Waals surface area contributed by atoms with Crippen molar-refractivity contribution < 1.29 is 19.7 Å². The van der Waals surface area contributed by atoms with E-state index in [0.717, 1.165) is 16.9 Å². The molecule has 1 aromatic carbocycles. The number of aryl methyl sites for hydroxylation is 1. The van der Waals surface area contributed by atoms with E-state index in [4.69, 9.17) is 29.4 Å². The van der Waals surface area contributed by atoms with Gasteiger partial charge in [-0.2, -0.15) is 9.97 Å². The molecule has 0 radical (unpaired) electrons. The molecule has 0 amide bonds. The molecule has 0 aliphatic carbocycles. The van der Waals surface area contributed by atoms with Gasteiger partial charge in [-0.3, -0.25) is 0 Å². The molecule has 2 aliphatic rings. The molecule has 3 aromatic rings. The summed E-state index contributed by atoms with van der Waals surface area (Å²) in [6, 6.07) is 8.06. The van der Waals surface area contributed by atoms with Gasteiger partial charge >= 0.3 is 0 Å². The largest absolute Gasteiger partial charge is 0.375 e. The van der Waals surface area contributed by atoms with E-state index in [1.54, 1.807) is 20.8 Å². The number of fused-ring (bicyclic) bond motifs is 1. The van der Waals surface area contributed by atoms with Crippen LogP contribution < -0.4 is 14.7 Å². The molecule has 2 aliphatic heterocycles. The number of anilines is 3. The fourth-order valence-electron chi connectivity index (χ4n) is 5.37. The van der Waals surface area contributed by atoms with Crippen molar-refractivity contribution in [1.29, 1.82) is 0 Å². The Morgan fingerprint density at radius 3 is 2.23 bits per heavy atom. The minimum absolute atomic E-state index is 0.0172. The molecule has 2 fully saturated rings. The van der Waals surface area contributed by atoms with Crippen molar-refractivity contribution >= 4 is 28.7 Å². The number of morpholine rings is 2. The summed E-state index contributed by atoms with van der Waals surface area (Å²) in [6.45, 7) is 14.7. The van der Waals surface area contributed by atoms with Crippen LogP contribution in [0.25, 0.3) is 22.4 Å². The number of aromatic nitrogens is 4. The smallest absolute Gasteiger partial charge is 0.229 e. The fraction of sp³-hybridized carbons (Fsp3) is 0.571. The Bertz CT molecular complexity index is 1330. The molecule has 11 heteroatoms. The molecule has 5 rings (SSSR count). The predicted molar refractivity (Wildman–Crippen MR) is 151 cm³/mol. The third kappa shape index (κ3) is 5.62. The molecule has 3 atom stereocenters. The average Bonchev–Trinajstić information content (AvgIpc) is 2.87. The minimum Gasteiger partial charge on any atom is -0.375 e. The number of aliphatic hydroxyl groups excluding tert-OH is 1. The van der Waals surface area contributed by atoms with Crippen LogP contribution in [-0.4, -0.2) is 93.7 Å². The maximum absolute atomic E-state index is 11.1. The SMILES string of the molecule is Cc1ccccc1-c1nc2c(N(C(C)O)C(C)(C)O)nc(N3CCOC(C)C3)nc2nc1N1CCOC(C)C1. The molecule has 0 spiro atoms. The van der Waals surface area contributed by atoms with Crippen molar-refractivity contribution in [3.05, 3.63) is 29.8 Å². The third-order valence-electron chi connectivity index (χ3n) is 7.14. The van der Waals surface area contributed by atoms with E-state index in [-0.39, 0.29) is 12.2 Å². The number of benzene rings is 1. The van der Waals surface area contributed by atoms with E-state index in [1.165, 1.54) is 4.90 Å². The molecule has 210 valence electrons. The maximum atomic E-state index is 11.1.